The molecule has 0 amide bonds. The minimum atomic E-state index is -0.558. The van der Waals surface area contributed by atoms with Crippen molar-refractivity contribution in [2.24, 2.45) is 0 Å². The molecule has 0 aliphatic heterocycles. The van der Waals surface area contributed by atoms with Crippen molar-refractivity contribution in [1.29, 1.82) is 0 Å². The molecule has 68 valence electrons. The zero-order chi connectivity index (χ0) is 9.84. The van der Waals surface area contributed by atoms with Gasteiger partial charge in [-0.05, 0) is 12.1 Å². The minimum Gasteiger partial charge on any atom is -0.205 e. The Morgan fingerprint density at radius 2 is 2.08 bits per heavy atom. The van der Waals surface area contributed by atoms with Crippen LogP contribution in [-0.2, 0) is 0 Å². The topological polar surface area (TPSA) is 0 Å². The first-order chi connectivity index (χ1) is 6.15. The maximum absolute atomic E-state index is 13.0. The van der Waals surface area contributed by atoms with Gasteiger partial charge in [0.25, 0.3) is 0 Å². The summed E-state index contributed by atoms with van der Waals surface area (Å²) in [5, 5.41) is 0.100. The Bertz CT molecular complexity index is 356. The fourth-order valence-corrected chi connectivity index (χ4v) is 1.17. The van der Waals surface area contributed by atoms with Gasteiger partial charge in [0, 0.05) is 5.56 Å². The lowest BCUT2D eigenvalue weighted by Gasteiger charge is -1.97. The van der Waals surface area contributed by atoms with Crippen LogP contribution >= 0.6 is 35.8 Å². The fourth-order valence-electron chi connectivity index (χ4n) is 0.769. The summed E-state index contributed by atoms with van der Waals surface area (Å²) in [7, 11) is 0. The normalized spacial score (nSPS) is 9.23. The second kappa shape index (κ2) is 4.76. The van der Waals surface area contributed by atoms with Crippen molar-refractivity contribution in [3.8, 4) is 11.8 Å². The van der Waals surface area contributed by atoms with Gasteiger partial charge in [0.2, 0.25) is 0 Å². The second-order valence-electron chi connectivity index (χ2n) is 2.21. The Balaban J connectivity index is 3.13. The van der Waals surface area contributed by atoms with Crippen molar-refractivity contribution in [2.45, 2.75) is 0 Å². The summed E-state index contributed by atoms with van der Waals surface area (Å²) >= 11 is 15.0. The third-order valence-electron chi connectivity index (χ3n) is 1.30. The first-order valence-electron chi connectivity index (χ1n) is 3.39. The largest absolute Gasteiger partial charge is 0.205 e. The van der Waals surface area contributed by atoms with Gasteiger partial charge in [0.1, 0.15) is 5.82 Å². The summed E-state index contributed by atoms with van der Waals surface area (Å²) in [6.07, 6.45) is 0. The maximum Gasteiger partial charge on any atom is 0.144 e. The lowest BCUT2D eigenvalue weighted by molar-refractivity contribution is 0.628. The molecule has 0 atom stereocenters. The number of rotatable bonds is 0. The third-order valence-corrected chi connectivity index (χ3v) is 2.23. The van der Waals surface area contributed by atoms with Gasteiger partial charge < -0.3 is 0 Å². The van der Waals surface area contributed by atoms with E-state index in [2.05, 4.69) is 24.5 Å². The Hall–Kier alpha value is -0.360. The molecule has 0 heterocycles. The van der Waals surface area contributed by atoms with Gasteiger partial charge in [-0.1, -0.05) is 35.0 Å². The summed E-state index contributed by atoms with van der Waals surface area (Å²) in [6.45, 7) is 0. The average molecular weight is 235 g/mol. The molecule has 0 saturated heterocycles. The van der Waals surface area contributed by atoms with Crippen molar-refractivity contribution < 1.29 is 4.39 Å². The Morgan fingerprint density at radius 1 is 1.38 bits per heavy atom. The molecule has 1 aromatic rings. The van der Waals surface area contributed by atoms with E-state index >= 15 is 0 Å². The van der Waals surface area contributed by atoms with E-state index in [9.17, 15) is 4.39 Å². The van der Waals surface area contributed by atoms with Gasteiger partial charge in [-0.3, -0.25) is 0 Å². The third kappa shape index (κ3) is 2.80. The zero-order valence-electron chi connectivity index (χ0n) is 6.44. The Labute approximate surface area is 91.5 Å². The van der Waals surface area contributed by atoms with Crippen molar-refractivity contribution in [2.75, 3.05) is 5.75 Å². The number of halogens is 3. The van der Waals surface area contributed by atoms with Crippen molar-refractivity contribution in [3.63, 3.8) is 0 Å². The van der Waals surface area contributed by atoms with Crippen LogP contribution in [0.5, 0.6) is 0 Å². The average Bonchev–Trinajstić information content (AvgIpc) is 2.10. The summed E-state index contributed by atoms with van der Waals surface area (Å²) in [4.78, 5) is 0. The molecule has 0 fully saturated rings. The zero-order valence-corrected chi connectivity index (χ0v) is 8.85. The molecule has 0 spiro atoms. The van der Waals surface area contributed by atoms with Crippen LogP contribution in [0.25, 0.3) is 0 Å². The molecular formula is C9H5Cl2FS. The summed E-state index contributed by atoms with van der Waals surface area (Å²) in [5.41, 5.74) is 0.501. The smallest absolute Gasteiger partial charge is 0.144 e. The molecule has 0 saturated carbocycles. The first-order valence-corrected chi connectivity index (χ1v) is 4.78. The first kappa shape index (κ1) is 10.7. The van der Waals surface area contributed by atoms with Crippen LogP contribution in [0.1, 0.15) is 5.56 Å². The fraction of sp³-hybridized carbons (Fsp3) is 0.111. The molecule has 1 aromatic carbocycles. The Kier molecular flexibility index (Phi) is 3.92. The maximum atomic E-state index is 13.0. The number of hydrogen-bond acceptors (Lipinski definition) is 1. The van der Waals surface area contributed by atoms with Crippen LogP contribution in [0.15, 0.2) is 12.1 Å². The van der Waals surface area contributed by atoms with Crippen molar-refractivity contribution in [3.05, 3.63) is 33.6 Å². The van der Waals surface area contributed by atoms with E-state index in [4.69, 9.17) is 23.2 Å². The van der Waals surface area contributed by atoms with E-state index in [0.29, 0.717) is 11.3 Å². The van der Waals surface area contributed by atoms with E-state index in [1.165, 1.54) is 12.1 Å². The SMILES string of the molecule is Fc1cc(C#CCS)cc(Cl)c1Cl. The monoisotopic (exact) mass is 234 g/mol. The number of benzene rings is 1. The van der Waals surface area contributed by atoms with E-state index < -0.39 is 5.82 Å². The van der Waals surface area contributed by atoms with Crippen LogP contribution in [0.2, 0.25) is 10.0 Å². The van der Waals surface area contributed by atoms with Gasteiger partial charge in [-0.2, -0.15) is 12.6 Å². The molecular weight excluding hydrogens is 230 g/mol. The highest BCUT2D eigenvalue weighted by molar-refractivity contribution is 7.80. The highest BCUT2D eigenvalue weighted by atomic mass is 35.5. The van der Waals surface area contributed by atoms with Crippen molar-refractivity contribution in [1.82, 2.24) is 0 Å². The van der Waals surface area contributed by atoms with E-state index in [-0.39, 0.29) is 10.0 Å². The quantitative estimate of drug-likeness (QED) is 0.397. The molecule has 0 radical (unpaired) electrons. The van der Waals surface area contributed by atoms with E-state index in [1.54, 1.807) is 0 Å². The van der Waals surface area contributed by atoms with E-state index in [1.807, 2.05) is 0 Å². The highest BCUT2D eigenvalue weighted by Crippen LogP contribution is 2.25. The molecule has 0 bridgehead atoms. The standard InChI is InChI=1S/C9H5Cl2FS/c10-7-4-6(2-1-3-13)5-8(12)9(7)11/h4-5,13H,3H2. The molecule has 0 nitrogen and oxygen atoms in total. The van der Waals surface area contributed by atoms with Gasteiger partial charge in [-0.15, -0.1) is 0 Å². The van der Waals surface area contributed by atoms with E-state index in [0.717, 1.165) is 0 Å². The predicted octanol–water partition coefficient (Wildman–Crippen LogP) is 3.41. The molecule has 13 heavy (non-hydrogen) atoms. The van der Waals surface area contributed by atoms with Gasteiger partial charge >= 0.3 is 0 Å². The lowest BCUT2D eigenvalue weighted by atomic mass is 10.2. The molecule has 1 rings (SSSR count). The van der Waals surface area contributed by atoms with Crippen molar-refractivity contribution >= 4 is 35.8 Å². The number of hydrogen-bond donors (Lipinski definition) is 1. The van der Waals surface area contributed by atoms with Crippen LogP contribution in [0, 0.1) is 17.7 Å². The van der Waals surface area contributed by atoms with Gasteiger partial charge in [-0.25, -0.2) is 4.39 Å². The molecule has 0 aliphatic rings. The van der Waals surface area contributed by atoms with Crippen LogP contribution in [0.3, 0.4) is 0 Å². The van der Waals surface area contributed by atoms with Gasteiger partial charge in [0.05, 0.1) is 15.8 Å². The summed E-state index contributed by atoms with van der Waals surface area (Å²) in [6, 6.07) is 2.76. The minimum absolute atomic E-state index is 0.0712. The molecule has 4 heteroatoms. The molecule has 0 aliphatic carbocycles. The lowest BCUT2D eigenvalue weighted by Crippen LogP contribution is -1.82. The summed E-state index contributed by atoms with van der Waals surface area (Å²) < 4.78 is 13.0. The van der Waals surface area contributed by atoms with Gasteiger partial charge in [0.15, 0.2) is 0 Å². The number of thiol groups is 1. The summed E-state index contributed by atoms with van der Waals surface area (Å²) in [5.74, 6) is 5.24. The Morgan fingerprint density at radius 3 is 2.62 bits per heavy atom. The second-order valence-corrected chi connectivity index (χ2v) is 3.32. The highest BCUT2D eigenvalue weighted by Gasteiger charge is 2.05. The molecule has 0 N–H and O–H groups in total. The van der Waals surface area contributed by atoms with Crippen LogP contribution < -0.4 is 0 Å². The molecule has 0 unspecified atom stereocenters. The van der Waals surface area contributed by atoms with Crippen LogP contribution in [-0.4, -0.2) is 5.75 Å². The predicted molar refractivity (Wildman–Crippen MR) is 57.2 cm³/mol. The molecule has 0 aromatic heterocycles. The van der Waals surface area contributed by atoms with Crippen LogP contribution in [0.4, 0.5) is 4.39 Å².